The largest absolute Gasteiger partial charge is 0.456 e. The topological polar surface area (TPSA) is 99.5 Å². The van der Waals surface area contributed by atoms with Crippen molar-refractivity contribution in [2.75, 3.05) is 23.4 Å². The molecule has 2 amide bonds. The van der Waals surface area contributed by atoms with Gasteiger partial charge in [0.05, 0.1) is 29.8 Å². The van der Waals surface area contributed by atoms with Gasteiger partial charge in [-0.05, 0) is 24.3 Å². The van der Waals surface area contributed by atoms with Gasteiger partial charge in [-0.3, -0.25) is 14.4 Å². The number of carbonyl (C=O) groups excluding carboxylic acids is 3. The van der Waals surface area contributed by atoms with Gasteiger partial charge in [-0.1, -0.05) is 30.3 Å². The maximum absolute atomic E-state index is 12.5. The number of anilines is 2. The van der Waals surface area contributed by atoms with Crippen LogP contribution in [-0.4, -0.2) is 36.2 Å². The maximum Gasteiger partial charge on any atom is 0.307 e. The van der Waals surface area contributed by atoms with E-state index >= 15 is 0 Å². The fourth-order valence-corrected chi connectivity index (χ4v) is 3.92. The van der Waals surface area contributed by atoms with Crippen LogP contribution in [0.15, 0.2) is 59.5 Å². The molecule has 0 unspecified atom stereocenters. The zero-order valence-corrected chi connectivity index (χ0v) is 16.4. The third-order valence-corrected chi connectivity index (χ3v) is 5.51. The Morgan fingerprint density at radius 3 is 2.62 bits per heavy atom. The lowest BCUT2D eigenvalue weighted by Crippen LogP contribution is -2.36. The number of nitrogens with one attached hydrogen (secondary N) is 1. The van der Waals surface area contributed by atoms with Crippen molar-refractivity contribution in [1.29, 1.82) is 5.26 Å². The minimum Gasteiger partial charge on any atom is -0.456 e. The third kappa shape index (κ3) is 5.36. The van der Waals surface area contributed by atoms with Crippen molar-refractivity contribution in [2.45, 2.75) is 23.0 Å². The third-order valence-electron chi connectivity index (χ3n) is 4.23. The van der Waals surface area contributed by atoms with E-state index in [1.54, 1.807) is 30.3 Å². The number of hydrogen-bond donors (Lipinski definition) is 1. The molecular weight excluding hydrogens is 390 g/mol. The first-order valence-corrected chi connectivity index (χ1v) is 9.91. The van der Waals surface area contributed by atoms with E-state index in [1.807, 2.05) is 30.3 Å². The Morgan fingerprint density at radius 1 is 1.14 bits per heavy atom. The molecule has 3 rings (SSSR count). The zero-order chi connectivity index (χ0) is 20.6. The molecule has 29 heavy (non-hydrogen) atoms. The van der Waals surface area contributed by atoms with E-state index in [9.17, 15) is 14.4 Å². The lowest BCUT2D eigenvalue weighted by atomic mass is 10.2. The Kier molecular flexibility index (Phi) is 6.87. The van der Waals surface area contributed by atoms with Crippen LogP contribution in [-0.2, 0) is 19.1 Å². The lowest BCUT2D eigenvalue weighted by molar-refractivity contribution is -0.148. The number of amides is 2. The number of rotatable bonds is 7. The summed E-state index contributed by atoms with van der Waals surface area (Å²) in [5, 5.41) is 11.0. The highest BCUT2D eigenvalue weighted by atomic mass is 32.2. The number of nitrogens with zero attached hydrogens (tertiary/aromatic N) is 2. The Hall–Kier alpha value is -3.31. The highest BCUT2D eigenvalue weighted by Crippen LogP contribution is 2.36. The number of ether oxygens (including phenoxy) is 1. The van der Waals surface area contributed by atoms with Crippen LogP contribution in [0.25, 0.3) is 0 Å². The molecule has 0 fully saturated rings. The Labute approximate surface area is 172 Å². The number of hydrogen-bond acceptors (Lipinski definition) is 6. The number of nitriles is 1. The molecule has 1 aliphatic heterocycles. The van der Waals surface area contributed by atoms with Crippen LogP contribution < -0.4 is 10.2 Å². The minimum atomic E-state index is -0.626. The molecular formula is C21H19N3O4S. The molecule has 1 N–H and O–H groups in total. The van der Waals surface area contributed by atoms with Crippen molar-refractivity contribution in [3.63, 3.8) is 0 Å². The first kappa shape index (κ1) is 20.4. The average molecular weight is 409 g/mol. The van der Waals surface area contributed by atoms with Crippen molar-refractivity contribution in [3.8, 4) is 6.07 Å². The Balaban J connectivity index is 1.56. The summed E-state index contributed by atoms with van der Waals surface area (Å²) in [6.07, 6.45) is 0.0223. The van der Waals surface area contributed by atoms with E-state index in [1.165, 1.54) is 16.7 Å². The molecule has 8 heteroatoms. The molecule has 2 aromatic carbocycles. The molecule has 1 heterocycles. The summed E-state index contributed by atoms with van der Waals surface area (Å²) < 4.78 is 5.12. The quantitative estimate of drug-likeness (QED) is 0.706. The number of para-hydroxylation sites is 2. The summed E-state index contributed by atoms with van der Waals surface area (Å²) in [6.45, 7) is -0.247. The molecule has 0 aliphatic carbocycles. The predicted molar refractivity (Wildman–Crippen MR) is 109 cm³/mol. The van der Waals surface area contributed by atoms with Gasteiger partial charge in [-0.2, -0.15) is 5.26 Å². The number of fused-ring (bicyclic) bond motifs is 1. The monoisotopic (exact) mass is 409 g/mol. The predicted octanol–water partition coefficient (Wildman–Crippen LogP) is 2.98. The molecule has 0 aromatic heterocycles. The van der Waals surface area contributed by atoms with Crippen LogP contribution >= 0.6 is 11.8 Å². The first-order valence-electron chi connectivity index (χ1n) is 9.03. The number of carbonyl (C=O) groups is 3. The van der Waals surface area contributed by atoms with Gasteiger partial charge in [-0.15, -0.1) is 11.8 Å². The van der Waals surface area contributed by atoms with Crippen LogP contribution in [0.4, 0.5) is 11.4 Å². The maximum atomic E-state index is 12.5. The van der Waals surface area contributed by atoms with Gasteiger partial charge in [0.25, 0.3) is 5.91 Å². The second-order valence-corrected chi connectivity index (χ2v) is 7.49. The molecule has 2 aromatic rings. The summed E-state index contributed by atoms with van der Waals surface area (Å²) >= 11 is 1.30. The van der Waals surface area contributed by atoms with E-state index in [0.717, 1.165) is 10.6 Å². The van der Waals surface area contributed by atoms with Gasteiger partial charge >= 0.3 is 5.97 Å². The number of thioether (sulfide) groups is 1. The molecule has 0 saturated carbocycles. The summed E-state index contributed by atoms with van der Waals surface area (Å²) in [6, 6.07) is 18.2. The minimum absolute atomic E-state index is 0.137. The lowest BCUT2D eigenvalue weighted by Gasteiger charge is -2.24. The average Bonchev–Trinajstić information content (AvgIpc) is 2.74. The molecule has 148 valence electrons. The summed E-state index contributed by atoms with van der Waals surface area (Å²) in [5.41, 5.74) is 1.35. The van der Waals surface area contributed by atoms with Crippen LogP contribution in [0, 0.1) is 11.3 Å². The van der Waals surface area contributed by atoms with Crippen LogP contribution in [0.2, 0.25) is 0 Å². The standard InChI is InChI=1S/C21H19N3O4S/c22-11-6-12-24(15-7-2-1-3-8-15)19(25)14-28-20(26)13-18-21(27)23-16-9-4-5-10-17(16)29-18/h1-5,7-10,18H,6,12-14H2,(H,23,27)/t18-/m1/s1. The second-order valence-electron chi connectivity index (χ2n) is 6.25. The van der Waals surface area contributed by atoms with Gasteiger partial charge < -0.3 is 15.0 Å². The van der Waals surface area contributed by atoms with Gasteiger partial charge in [0.2, 0.25) is 5.91 Å². The normalized spacial score (nSPS) is 14.9. The van der Waals surface area contributed by atoms with Crippen molar-refractivity contribution in [2.24, 2.45) is 0 Å². The molecule has 7 nitrogen and oxygen atoms in total. The van der Waals surface area contributed by atoms with Crippen LogP contribution in [0.3, 0.4) is 0 Å². The van der Waals surface area contributed by atoms with E-state index in [0.29, 0.717) is 5.69 Å². The van der Waals surface area contributed by atoms with Crippen molar-refractivity contribution < 1.29 is 19.1 Å². The summed E-state index contributed by atoms with van der Waals surface area (Å²) in [7, 11) is 0. The molecule has 1 aliphatic rings. The van der Waals surface area contributed by atoms with Crippen molar-refractivity contribution in [1.82, 2.24) is 0 Å². The Bertz CT molecular complexity index is 942. The van der Waals surface area contributed by atoms with Crippen LogP contribution in [0.1, 0.15) is 12.8 Å². The summed E-state index contributed by atoms with van der Waals surface area (Å²) in [4.78, 5) is 39.2. The number of esters is 1. The highest BCUT2D eigenvalue weighted by Gasteiger charge is 2.29. The van der Waals surface area contributed by atoms with E-state index in [4.69, 9.17) is 10.00 Å². The van der Waals surface area contributed by atoms with Crippen molar-refractivity contribution >= 4 is 40.9 Å². The van der Waals surface area contributed by atoms with Gasteiger partial charge in [0.1, 0.15) is 0 Å². The van der Waals surface area contributed by atoms with Gasteiger partial charge in [0, 0.05) is 17.1 Å². The zero-order valence-electron chi connectivity index (χ0n) is 15.5. The van der Waals surface area contributed by atoms with Crippen molar-refractivity contribution in [3.05, 3.63) is 54.6 Å². The SMILES string of the molecule is N#CCCN(C(=O)COC(=O)C[C@H]1Sc2ccccc2NC1=O)c1ccccc1. The fraction of sp³-hybridized carbons (Fsp3) is 0.238. The van der Waals surface area contributed by atoms with Gasteiger partial charge in [-0.25, -0.2) is 0 Å². The second kappa shape index (κ2) is 9.75. The highest BCUT2D eigenvalue weighted by molar-refractivity contribution is 8.01. The smallest absolute Gasteiger partial charge is 0.307 e. The molecule has 0 spiro atoms. The van der Waals surface area contributed by atoms with E-state index in [2.05, 4.69) is 5.32 Å². The molecule has 0 saturated heterocycles. The number of benzene rings is 2. The van der Waals surface area contributed by atoms with E-state index in [-0.39, 0.29) is 25.3 Å². The van der Waals surface area contributed by atoms with Crippen LogP contribution in [0.5, 0.6) is 0 Å². The molecule has 0 radical (unpaired) electrons. The first-order chi connectivity index (χ1) is 14.1. The van der Waals surface area contributed by atoms with Gasteiger partial charge in [0.15, 0.2) is 6.61 Å². The molecule has 0 bridgehead atoms. The van der Waals surface area contributed by atoms with E-state index < -0.39 is 23.7 Å². The molecule has 1 atom stereocenters. The summed E-state index contributed by atoms with van der Waals surface area (Å²) in [5.74, 6) is -1.32. The fourth-order valence-electron chi connectivity index (χ4n) is 2.83. The Morgan fingerprint density at radius 2 is 1.86 bits per heavy atom.